The molecule has 88 valence electrons. The highest BCUT2D eigenvalue weighted by Gasteiger charge is 2.15. The Balaban J connectivity index is 2.32. The number of nitrogens with zero attached hydrogens (tertiary/aromatic N) is 1. The second kappa shape index (κ2) is 4.80. The number of carbonyl (C=O) groups is 1. The second-order valence-electron chi connectivity index (χ2n) is 3.74. The molecule has 2 rings (SSSR count). The molecule has 5 nitrogen and oxygen atoms in total. The van der Waals surface area contributed by atoms with Crippen molar-refractivity contribution in [3.8, 4) is 11.4 Å². The number of hydrogen-bond acceptors (Lipinski definition) is 3. The van der Waals surface area contributed by atoms with Crippen LogP contribution >= 0.6 is 0 Å². The molecule has 1 aromatic carbocycles. The topological polar surface area (TPSA) is 92.0 Å². The predicted molar refractivity (Wildman–Crippen MR) is 63.3 cm³/mol. The van der Waals surface area contributed by atoms with Gasteiger partial charge in [-0.15, -0.1) is 0 Å². The van der Waals surface area contributed by atoms with E-state index in [1.54, 1.807) is 12.4 Å². The molecular weight excluding hydrogens is 218 g/mol. The van der Waals surface area contributed by atoms with E-state index < -0.39 is 12.0 Å². The van der Waals surface area contributed by atoms with Gasteiger partial charge in [-0.1, -0.05) is 24.3 Å². The molecular formula is C12H13N3O2. The summed E-state index contributed by atoms with van der Waals surface area (Å²) in [6, 6.07) is 6.60. The average molecular weight is 231 g/mol. The van der Waals surface area contributed by atoms with Crippen LogP contribution in [0.5, 0.6) is 0 Å². The van der Waals surface area contributed by atoms with Gasteiger partial charge in [0.1, 0.15) is 11.9 Å². The zero-order valence-electron chi connectivity index (χ0n) is 9.13. The number of aromatic nitrogens is 2. The van der Waals surface area contributed by atoms with E-state index in [0.717, 1.165) is 17.0 Å². The van der Waals surface area contributed by atoms with Crippen LogP contribution in [-0.4, -0.2) is 27.1 Å². The summed E-state index contributed by atoms with van der Waals surface area (Å²) in [4.78, 5) is 17.9. The fourth-order valence-electron chi connectivity index (χ4n) is 1.67. The van der Waals surface area contributed by atoms with Crippen molar-refractivity contribution in [2.24, 2.45) is 5.73 Å². The third-order valence-electron chi connectivity index (χ3n) is 2.53. The molecule has 0 fully saturated rings. The highest BCUT2D eigenvalue weighted by atomic mass is 16.4. The maximum absolute atomic E-state index is 10.8. The summed E-state index contributed by atoms with van der Waals surface area (Å²) >= 11 is 0. The number of hydrogen-bond donors (Lipinski definition) is 3. The van der Waals surface area contributed by atoms with Crippen molar-refractivity contribution < 1.29 is 9.90 Å². The molecule has 0 amide bonds. The Kier molecular flexibility index (Phi) is 3.20. The molecule has 0 aliphatic heterocycles. The lowest BCUT2D eigenvalue weighted by atomic mass is 10.0. The summed E-state index contributed by atoms with van der Waals surface area (Å²) in [5.74, 6) is -0.280. The first kappa shape index (κ1) is 11.3. The maximum Gasteiger partial charge on any atom is 0.320 e. The van der Waals surface area contributed by atoms with Gasteiger partial charge in [-0.2, -0.15) is 0 Å². The fourth-order valence-corrected chi connectivity index (χ4v) is 1.67. The Labute approximate surface area is 98.3 Å². The van der Waals surface area contributed by atoms with Gasteiger partial charge >= 0.3 is 5.97 Å². The number of nitrogens with one attached hydrogen (secondary N) is 1. The van der Waals surface area contributed by atoms with Crippen LogP contribution in [0.4, 0.5) is 0 Å². The number of aliphatic carboxylic acids is 1. The zero-order valence-corrected chi connectivity index (χ0v) is 9.13. The number of carboxylic acids is 1. The minimum absolute atomic E-state index is 0.284. The molecule has 0 aliphatic carbocycles. The molecule has 1 aromatic heterocycles. The van der Waals surface area contributed by atoms with Crippen LogP contribution in [-0.2, 0) is 11.2 Å². The van der Waals surface area contributed by atoms with Gasteiger partial charge in [0.2, 0.25) is 0 Å². The molecule has 0 saturated heterocycles. The maximum atomic E-state index is 10.8. The number of imidazole rings is 1. The second-order valence-corrected chi connectivity index (χ2v) is 3.74. The zero-order chi connectivity index (χ0) is 12.3. The normalized spacial score (nSPS) is 12.3. The van der Waals surface area contributed by atoms with Gasteiger partial charge in [0, 0.05) is 18.0 Å². The lowest BCUT2D eigenvalue weighted by molar-refractivity contribution is -0.138. The van der Waals surface area contributed by atoms with E-state index in [4.69, 9.17) is 10.8 Å². The minimum Gasteiger partial charge on any atom is -0.480 e. The van der Waals surface area contributed by atoms with Crippen LogP contribution in [0.1, 0.15) is 5.56 Å². The van der Waals surface area contributed by atoms with Crippen molar-refractivity contribution in [2.45, 2.75) is 12.5 Å². The Bertz CT molecular complexity index is 508. The van der Waals surface area contributed by atoms with Crippen molar-refractivity contribution in [3.05, 3.63) is 42.2 Å². The first-order valence-corrected chi connectivity index (χ1v) is 5.24. The fraction of sp³-hybridized carbons (Fsp3) is 0.167. The van der Waals surface area contributed by atoms with E-state index >= 15 is 0 Å². The molecule has 0 radical (unpaired) electrons. The average Bonchev–Trinajstić information content (AvgIpc) is 2.83. The van der Waals surface area contributed by atoms with Crippen LogP contribution in [0.2, 0.25) is 0 Å². The minimum atomic E-state index is -1.00. The molecule has 1 atom stereocenters. The Morgan fingerprint density at radius 1 is 1.47 bits per heavy atom. The summed E-state index contributed by atoms with van der Waals surface area (Å²) in [6.45, 7) is 0. The van der Waals surface area contributed by atoms with Gasteiger partial charge in [0.15, 0.2) is 0 Å². The Hall–Kier alpha value is -2.14. The van der Waals surface area contributed by atoms with Crippen molar-refractivity contribution in [3.63, 3.8) is 0 Å². The molecule has 1 heterocycles. The first-order valence-electron chi connectivity index (χ1n) is 5.24. The van der Waals surface area contributed by atoms with Crippen LogP contribution in [0.25, 0.3) is 11.4 Å². The smallest absolute Gasteiger partial charge is 0.320 e. The van der Waals surface area contributed by atoms with E-state index in [1.807, 2.05) is 24.3 Å². The lowest BCUT2D eigenvalue weighted by Crippen LogP contribution is -2.32. The molecule has 0 aliphatic rings. The number of benzene rings is 1. The van der Waals surface area contributed by atoms with Crippen molar-refractivity contribution >= 4 is 5.97 Å². The van der Waals surface area contributed by atoms with Crippen molar-refractivity contribution in [1.82, 2.24) is 9.97 Å². The third-order valence-corrected chi connectivity index (χ3v) is 2.53. The highest BCUT2D eigenvalue weighted by Crippen LogP contribution is 2.20. The number of aromatic amines is 1. The number of rotatable bonds is 4. The van der Waals surface area contributed by atoms with E-state index in [1.165, 1.54) is 0 Å². The van der Waals surface area contributed by atoms with Gasteiger partial charge in [-0.25, -0.2) is 4.98 Å². The van der Waals surface area contributed by atoms with Gasteiger partial charge in [-0.3, -0.25) is 4.79 Å². The van der Waals surface area contributed by atoms with Crippen molar-refractivity contribution in [2.75, 3.05) is 0 Å². The molecule has 1 unspecified atom stereocenters. The van der Waals surface area contributed by atoms with Gasteiger partial charge in [0.25, 0.3) is 0 Å². The largest absolute Gasteiger partial charge is 0.480 e. The molecule has 4 N–H and O–H groups in total. The van der Waals surface area contributed by atoms with E-state index in [9.17, 15) is 4.79 Å². The number of carboxylic acid groups (broad SMARTS) is 1. The van der Waals surface area contributed by atoms with Crippen LogP contribution in [0.15, 0.2) is 36.7 Å². The van der Waals surface area contributed by atoms with Crippen LogP contribution in [0.3, 0.4) is 0 Å². The van der Waals surface area contributed by atoms with Crippen molar-refractivity contribution in [1.29, 1.82) is 0 Å². The van der Waals surface area contributed by atoms with Crippen LogP contribution < -0.4 is 5.73 Å². The molecule has 2 aromatic rings. The van der Waals surface area contributed by atoms with E-state index in [0.29, 0.717) is 0 Å². The van der Waals surface area contributed by atoms with Gasteiger partial charge in [-0.05, 0) is 12.0 Å². The SMILES string of the molecule is NC(Cc1ccccc1-c1ncc[nH]1)C(=O)O. The first-order chi connectivity index (χ1) is 8.18. The predicted octanol–water partition coefficient (Wildman–Crippen LogP) is 1.03. The Morgan fingerprint density at radius 2 is 2.24 bits per heavy atom. The number of nitrogens with two attached hydrogens (primary N) is 1. The Morgan fingerprint density at radius 3 is 2.88 bits per heavy atom. The molecule has 0 saturated carbocycles. The molecule has 17 heavy (non-hydrogen) atoms. The monoisotopic (exact) mass is 231 g/mol. The van der Waals surface area contributed by atoms with Gasteiger partial charge in [0.05, 0.1) is 0 Å². The summed E-state index contributed by atoms with van der Waals surface area (Å²) in [5, 5.41) is 8.82. The quantitative estimate of drug-likeness (QED) is 0.732. The van der Waals surface area contributed by atoms with Crippen LogP contribution in [0, 0.1) is 0 Å². The molecule has 0 spiro atoms. The standard InChI is InChI=1S/C12H13N3O2/c13-10(12(16)17)7-8-3-1-2-4-9(8)11-14-5-6-15-11/h1-6,10H,7,13H2,(H,14,15)(H,16,17). The molecule has 0 bridgehead atoms. The number of H-pyrrole nitrogens is 1. The summed E-state index contributed by atoms with van der Waals surface area (Å²) in [5.41, 5.74) is 7.30. The van der Waals surface area contributed by atoms with E-state index in [-0.39, 0.29) is 6.42 Å². The third kappa shape index (κ3) is 2.51. The summed E-state index contributed by atoms with van der Waals surface area (Å²) in [7, 11) is 0. The van der Waals surface area contributed by atoms with E-state index in [2.05, 4.69) is 9.97 Å². The molecule has 5 heteroatoms. The summed E-state index contributed by atoms with van der Waals surface area (Å²) in [6.07, 6.45) is 3.67. The highest BCUT2D eigenvalue weighted by molar-refractivity contribution is 5.74. The summed E-state index contributed by atoms with van der Waals surface area (Å²) < 4.78 is 0. The van der Waals surface area contributed by atoms with Gasteiger partial charge < -0.3 is 15.8 Å². The lowest BCUT2D eigenvalue weighted by Gasteiger charge is -2.10.